The molecule has 0 fully saturated rings. The summed E-state index contributed by atoms with van der Waals surface area (Å²) in [5.74, 6) is 0. The summed E-state index contributed by atoms with van der Waals surface area (Å²) in [6, 6.07) is 1.78. The van der Waals surface area contributed by atoms with Crippen molar-refractivity contribution in [2.75, 3.05) is 0 Å². The lowest BCUT2D eigenvalue weighted by Gasteiger charge is -2.04. The van der Waals surface area contributed by atoms with Gasteiger partial charge in [0.1, 0.15) is 15.4 Å². The Balaban J connectivity index is 2.33. The second-order valence-corrected chi connectivity index (χ2v) is 5.77. The zero-order valence-corrected chi connectivity index (χ0v) is 9.92. The Kier molecular flexibility index (Phi) is 3.09. The van der Waals surface area contributed by atoms with Crippen molar-refractivity contribution >= 4 is 45.9 Å². The lowest BCUT2D eigenvalue weighted by atomic mass is 10.2. The van der Waals surface area contributed by atoms with Crippen LogP contribution < -0.4 is 0 Å². The van der Waals surface area contributed by atoms with Crippen LogP contribution in [-0.4, -0.2) is 10.1 Å². The Morgan fingerprint density at radius 2 is 2.21 bits per heavy atom. The third-order valence-corrected chi connectivity index (χ3v) is 4.04. The van der Waals surface area contributed by atoms with Crippen molar-refractivity contribution in [1.82, 2.24) is 4.98 Å². The van der Waals surface area contributed by atoms with Crippen LogP contribution in [0.4, 0.5) is 0 Å². The molecule has 0 radical (unpaired) electrons. The van der Waals surface area contributed by atoms with E-state index in [2.05, 4.69) is 4.98 Å². The molecule has 14 heavy (non-hydrogen) atoms. The number of nitrogens with zero attached hydrogens (tertiary/aromatic N) is 1. The number of hydrogen-bond donors (Lipinski definition) is 1. The number of hydrogen-bond acceptors (Lipinski definition) is 4. The molecule has 1 atom stereocenters. The highest BCUT2D eigenvalue weighted by Gasteiger charge is 2.17. The van der Waals surface area contributed by atoms with Gasteiger partial charge in [-0.1, -0.05) is 23.2 Å². The molecule has 0 saturated carbocycles. The lowest BCUT2D eigenvalue weighted by molar-refractivity contribution is 0.220. The van der Waals surface area contributed by atoms with Gasteiger partial charge in [0.2, 0.25) is 0 Å². The SMILES string of the molecule is OC(c1ncc(Cl)s1)c1ccsc1Cl. The Bertz CT molecular complexity index is 440. The smallest absolute Gasteiger partial charge is 0.133 e. The van der Waals surface area contributed by atoms with Crippen LogP contribution in [0, 0.1) is 0 Å². The number of thiophene rings is 1. The van der Waals surface area contributed by atoms with Gasteiger partial charge in [0, 0.05) is 5.56 Å². The molecule has 1 N–H and O–H groups in total. The summed E-state index contributed by atoms with van der Waals surface area (Å²) in [5.41, 5.74) is 0.683. The van der Waals surface area contributed by atoms with Gasteiger partial charge in [-0.15, -0.1) is 22.7 Å². The van der Waals surface area contributed by atoms with Gasteiger partial charge in [-0.25, -0.2) is 4.98 Å². The van der Waals surface area contributed by atoms with Gasteiger partial charge in [0.15, 0.2) is 0 Å². The number of aliphatic hydroxyl groups excluding tert-OH is 1. The summed E-state index contributed by atoms with van der Waals surface area (Å²) in [7, 11) is 0. The molecule has 0 bridgehead atoms. The maximum atomic E-state index is 9.89. The van der Waals surface area contributed by atoms with E-state index >= 15 is 0 Å². The van der Waals surface area contributed by atoms with Crippen molar-refractivity contribution in [3.8, 4) is 0 Å². The third-order valence-electron chi connectivity index (χ3n) is 1.67. The van der Waals surface area contributed by atoms with Crippen LogP contribution >= 0.6 is 45.9 Å². The molecule has 2 heterocycles. The fourth-order valence-electron chi connectivity index (χ4n) is 1.03. The molecule has 0 aromatic carbocycles. The van der Waals surface area contributed by atoms with Crippen LogP contribution in [0.5, 0.6) is 0 Å². The van der Waals surface area contributed by atoms with Crippen LogP contribution in [0.25, 0.3) is 0 Å². The molecule has 0 aliphatic rings. The first-order chi connectivity index (χ1) is 6.68. The molecule has 2 aromatic rings. The van der Waals surface area contributed by atoms with E-state index in [1.807, 2.05) is 5.38 Å². The molecular formula is C8H5Cl2NOS2. The fourth-order valence-corrected chi connectivity index (χ4v) is 2.93. The van der Waals surface area contributed by atoms with E-state index in [0.717, 1.165) is 0 Å². The zero-order valence-electron chi connectivity index (χ0n) is 6.78. The number of aliphatic hydroxyl groups is 1. The number of halogens is 2. The average Bonchev–Trinajstić information content (AvgIpc) is 2.73. The first-order valence-electron chi connectivity index (χ1n) is 3.70. The summed E-state index contributed by atoms with van der Waals surface area (Å²) < 4.78 is 1.15. The molecule has 2 aromatic heterocycles. The second kappa shape index (κ2) is 4.16. The summed E-state index contributed by atoms with van der Waals surface area (Å²) in [5, 5.41) is 12.3. The highest BCUT2D eigenvalue weighted by Crippen LogP contribution is 2.34. The van der Waals surface area contributed by atoms with E-state index in [9.17, 15) is 5.11 Å². The monoisotopic (exact) mass is 265 g/mol. The van der Waals surface area contributed by atoms with E-state index in [0.29, 0.717) is 19.2 Å². The van der Waals surface area contributed by atoms with Gasteiger partial charge in [0.25, 0.3) is 0 Å². The molecule has 0 aliphatic carbocycles. The maximum absolute atomic E-state index is 9.89. The highest BCUT2D eigenvalue weighted by molar-refractivity contribution is 7.16. The first kappa shape index (κ1) is 10.4. The molecule has 0 amide bonds. The van der Waals surface area contributed by atoms with E-state index < -0.39 is 6.10 Å². The first-order valence-corrected chi connectivity index (χ1v) is 6.16. The number of aromatic nitrogens is 1. The average molecular weight is 266 g/mol. The molecule has 0 spiro atoms. The van der Waals surface area contributed by atoms with Crippen molar-refractivity contribution in [3.63, 3.8) is 0 Å². The van der Waals surface area contributed by atoms with Gasteiger partial charge < -0.3 is 5.11 Å². The third kappa shape index (κ3) is 1.94. The maximum Gasteiger partial charge on any atom is 0.133 e. The molecule has 0 aliphatic heterocycles. The van der Waals surface area contributed by atoms with Gasteiger partial charge in [-0.2, -0.15) is 0 Å². The minimum Gasteiger partial charge on any atom is -0.381 e. The molecule has 6 heteroatoms. The highest BCUT2D eigenvalue weighted by atomic mass is 35.5. The van der Waals surface area contributed by atoms with Crippen LogP contribution in [0.15, 0.2) is 17.6 Å². The van der Waals surface area contributed by atoms with Gasteiger partial charge in [0.05, 0.1) is 10.5 Å². The van der Waals surface area contributed by atoms with Crippen LogP contribution in [-0.2, 0) is 0 Å². The predicted octanol–water partition coefficient (Wildman–Crippen LogP) is 3.59. The zero-order chi connectivity index (χ0) is 10.1. The van der Waals surface area contributed by atoms with E-state index in [1.54, 1.807) is 6.07 Å². The predicted molar refractivity (Wildman–Crippen MR) is 60.5 cm³/mol. The standard InChI is InChI=1S/C8H5Cl2NOS2/c9-5-3-11-8(14-5)6(12)4-1-2-13-7(4)10/h1-3,6,12H. The molecular weight excluding hydrogens is 261 g/mol. The van der Waals surface area contributed by atoms with E-state index in [1.165, 1.54) is 28.9 Å². The van der Waals surface area contributed by atoms with Gasteiger partial charge in [-0.05, 0) is 11.4 Å². The van der Waals surface area contributed by atoms with E-state index in [-0.39, 0.29) is 0 Å². The quantitative estimate of drug-likeness (QED) is 0.901. The van der Waals surface area contributed by atoms with Crippen LogP contribution in [0.2, 0.25) is 8.67 Å². The summed E-state index contributed by atoms with van der Waals surface area (Å²) in [6.45, 7) is 0. The Morgan fingerprint density at radius 1 is 1.43 bits per heavy atom. The van der Waals surface area contributed by atoms with Gasteiger partial charge in [-0.3, -0.25) is 0 Å². The van der Waals surface area contributed by atoms with Crippen molar-refractivity contribution < 1.29 is 5.11 Å². The van der Waals surface area contributed by atoms with Crippen LogP contribution in [0.3, 0.4) is 0 Å². The van der Waals surface area contributed by atoms with Gasteiger partial charge >= 0.3 is 0 Å². The molecule has 1 unspecified atom stereocenters. The Hall–Kier alpha value is -0.130. The molecule has 2 rings (SSSR count). The van der Waals surface area contributed by atoms with Crippen molar-refractivity contribution in [1.29, 1.82) is 0 Å². The van der Waals surface area contributed by atoms with Crippen molar-refractivity contribution in [2.24, 2.45) is 0 Å². The van der Waals surface area contributed by atoms with E-state index in [4.69, 9.17) is 23.2 Å². The fraction of sp³-hybridized carbons (Fsp3) is 0.125. The Morgan fingerprint density at radius 3 is 2.71 bits per heavy atom. The number of rotatable bonds is 2. The normalized spacial score (nSPS) is 13.1. The Labute approximate surface area is 98.8 Å². The molecule has 0 saturated heterocycles. The minimum atomic E-state index is -0.772. The second-order valence-electron chi connectivity index (χ2n) is 2.55. The summed E-state index contributed by atoms with van der Waals surface area (Å²) >= 11 is 14.3. The minimum absolute atomic E-state index is 0.561. The topological polar surface area (TPSA) is 33.1 Å². The molecule has 74 valence electrons. The van der Waals surface area contributed by atoms with Crippen molar-refractivity contribution in [3.05, 3.63) is 36.9 Å². The summed E-state index contributed by atoms with van der Waals surface area (Å²) in [4.78, 5) is 4.00. The summed E-state index contributed by atoms with van der Waals surface area (Å²) in [6.07, 6.45) is 0.747. The molecule has 2 nitrogen and oxygen atoms in total. The van der Waals surface area contributed by atoms with Crippen LogP contribution in [0.1, 0.15) is 16.7 Å². The lowest BCUT2D eigenvalue weighted by Crippen LogP contribution is -1.97. The number of thiazole rings is 1. The van der Waals surface area contributed by atoms with Crippen molar-refractivity contribution in [2.45, 2.75) is 6.10 Å². The largest absolute Gasteiger partial charge is 0.381 e.